The predicted octanol–water partition coefficient (Wildman–Crippen LogP) is 1.30. The Morgan fingerprint density at radius 2 is 2.38 bits per heavy atom. The van der Waals surface area contributed by atoms with Gasteiger partial charge in [-0.25, -0.2) is 4.98 Å². The van der Waals surface area contributed by atoms with E-state index in [-0.39, 0.29) is 11.8 Å². The van der Waals surface area contributed by atoms with Crippen molar-refractivity contribution >= 4 is 22.8 Å². The number of hydrogen-bond acceptors (Lipinski definition) is 3. The van der Waals surface area contributed by atoms with Crippen molar-refractivity contribution in [2.45, 2.75) is 25.8 Å². The van der Waals surface area contributed by atoms with Crippen LogP contribution in [-0.4, -0.2) is 45.8 Å². The van der Waals surface area contributed by atoms with E-state index in [1.165, 1.54) is 0 Å². The number of nitrogens with zero attached hydrogens (tertiary/aromatic N) is 2. The summed E-state index contributed by atoms with van der Waals surface area (Å²) < 4.78 is 0. The van der Waals surface area contributed by atoms with Crippen LogP contribution in [0, 0.1) is 0 Å². The van der Waals surface area contributed by atoms with Gasteiger partial charge in [-0.3, -0.25) is 9.59 Å². The fourth-order valence-electron chi connectivity index (χ4n) is 2.71. The third kappa shape index (κ3) is 2.61. The average Bonchev–Trinajstić information content (AvgIpc) is 2.96. The number of fused-ring (bicyclic) bond motifs is 1. The number of hydrogen-bond donors (Lipinski definition) is 2. The lowest BCUT2D eigenvalue weighted by Gasteiger charge is -2.31. The topological polar surface area (TPSA) is 78.1 Å². The van der Waals surface area contributed by atoms with E-state index in [0.29, 0.717) is 18.5 Å². The highest BCUT2D eigenvalue weighted by molar-refractivity contribution is 5.99. The molecule has 1 aliphatic heterocycles. The Hall–Kier alpha value is -2.37. The van der Waals surface area contributed by atoms with Crippen LogP contribution in [-0.2, 0) is 4.79 Å². The Labute approximate surface area is 122 Å². The average molecular weight is 286 g/mol. The maximum Gasteiger partial charge on any atom is 0.252 e. The summed E-state index contributed by atoms with van der Waals surface area (Å²) in [5, 5.41) is 2.84. The van der Waals surface area contributed by atoms with E-state index in [2.05, 4.69) is 15.3 Å². The van der Waals surface area contributed by atoms with Crippen LogP contribution in [0.3, 0.4) is 0 Å². The Balaban J connectivity index is 1.74. The van der Waals surface area contributed by atoms with E-state index in [1.807, 2.05) is 6.92 Å². The molecule has 2 heterocycles. The van der Waals surface area contributed by atoms with Gasteiger partial charge in [-0.2, -0.15) is 0 Å². The van der Waals surface area contributed by atoms with Crippen LogP contribution in [0.15, 0.2) is 24.5 Å². The summed E-state index contributed by atoms with van der Waals surface area (Å²) in [7, 11) is 0. The van der Waals surface area contributed by atoms with Gasteiger partial charge in [0, 0.05) is 18.7 Å². The van der Waals surface area contributed by atoms with Gasteiger partial charge in [-0.1, -0.05) is 0 Å². The maximum absolute atomic E-state index is 12.3. The zero-order chi connectivity index (χ0) is 14.8. The van der Waals surface area contributed by atoms with Crippen LogP contribution in [0.1, 0.15) is 30.1 Å². The molecule has 1 aromatic heterocycles. The zero-order valence-electron chi connectivity index (χ0n) is 11.9. The number of carbonyl (C=O) groups is 2. The summed E-state index contributed by atoms with van der Waals surface area (Å²) in [6.07, 6.45) is 3.22. The Morgan fingerprint density at radius 3 is 3.19 bits per heavy atom. The molecule has 0 saturated carbocycles. The number of piperidine rings is 1. The molecule has 21 heavy (non-hydrogen) atoms. The van der Waals surface area contributed by atoms with Crippen LogP contribution >= 0.6 is 0 Å². The number of imidazole rings is 1. The van der Waals surface area contributed by atoms with Gasteiger partial charge >= 0.3 is 0 Å². The lowest BCUT2D eigenvalue weighted by molar-refractivity contribution is -0.135. The van der Waals surface area contributed by atoms with Crippen LogP contribution in [0.2, 0.25) is 0 Å². The summed E-state index contributed by atoms with van der Waals surface area (Å²) in [5.41, 5.74) is 2.17. The molecule has 110 valence electrons. The molecule has 0 bridgehead atoms. The number of nitrogens with one attached hydrogen (secondary N) is 2. The minimum atomic E-state index is -0.413. The summed E-state index contributed by atoms with van der Waals surface area (Å²) in [5.74, 6) is -0.206. The standard InChI is InChI=1S/C15H18N4O2/c1-2-19-7-3-4-12(15(19)21)18-14(20)10-5-6-11-13(8-10)17-9-16-11/h5-6,8-9,12H,2-4,7H2,1H3,(H,16,17)(H,18,20). The number of benzene rings is 1. The maximum atomic E-state index is 12.3. The first kappa shape index (κ1) is 13.6. The molecule has 1 unspecified atom stereocenters. The Bertz CT molecular complexity index is 679. The summed E-state index contributed by atoms with van der Waals surface area (Å²) in [6, 6.07) is 4.86. The van der Waals surface area contributed by atoms with Crippen LogP contribution in [0.4, 0.5) is 0 Å². The normalized spacial score (nSPS) is 19.0. The molecule has 2 aromatic rings. The van der Waals surface area contributed by atoms with Gasteiger partial charge in [0.25, 0.3) is 5.91 Å². The number of likely N-dealkylation sites (tertiary alicyclic amines) is 1. The number of aromatic amines is 1. The molecule has 6 heteroatoms. The van der Waals surface area contributed by atoms with Crippen molar-refractivity contribution in [2.24, 2.45) is 0 Å². The highest BCUT2D eigenvalue weighted by atomic mass is 16.2. The minimum absolute atomic E-state index is 0.0136. The molecule has 1 saturated heterocycles. The number of H-pyrrole nitrogens is 1. The molecule has 2 amide bonds. The summed E-state index contributed by atoms with van der Waals surface area (Å²) in [4.78, 5) is 33.4. The molecule has 0 aliphatic carbocycles. The highest BCUT2D eigenvalue weighted by Crippen LogP contribution is 2.14. The fraction of sp³-hybridized carbons (Fsp3) is 0.400. The third-order valence-corrected chi connectivity index (χ3v) is 3.90. The summed E-state index contributed by atoms with van der Waals surface area (Å²) in [6.45, 7) is 3.42. The highest BCUT2D eigenvalue weighted by Gasteiger charge is 2.29. The molecular formula is C15H18N4O2. The molecule has 6 nitrogen and oxygen atoms in total. The van der Waals surface area contributed by atoms with E-state index in [4.69, 9.17) is 0 Å². The number of likely N-dealkylation sites (N-methyl/N-ethyl adjacent to an activating group) is 1. The van der Waals surface area contributed by atoms with Gasteiger partial charge in [0.15, 0.2) is 0 Å². The molecule has 1 aliphatic rings. The smallest absolute Gasteiger partial charge is 0.252 e. The van der Waals surface area contributed by atoms with E-state index in [1.54, 1.807) is 29.4 Å². The van der Waals surface area contributed by atoms with Crippen molar-refractivity contribution in [1.82, 2.24) is 20.2 Å². The quantitative estimate of drug-likeness (QED) is 0.893. The number of amides is 2. The van der Waals surface area contributed by atoms with Gasteiger partial charge < -0.3 is 15.2 Å². The van der Waals surface area contributed by atoms with Crippen LogP contribution in [0.25, 0.3) is 11.0 Å². The second-order valence-electron chi connectivity index (χ2n) is 5.22. The van der Waals surface area contributed by atoms with Crippen LogP contribution < -0.4 is 5.32 Å². The van der Waals surface area contributed by atoms with Gasteiger partial charge in [0.05, 0.1) is 17.4 Å². The first-order chi connectivity index (χ1) is 10.2. The molecule has 0 radical (unpaired) electrons. The van der Waals surface area contributed by atoms with Gasteiger partial charge in [-0.15, -0.1) is 0 Å². The van der Waals surface area contributed by atoms with Crippen molar-refractivity contribution in [2.75, 3.05) is 13.1 Å². The van der Waals surface area contributed by atoms with Crippen molar-refractivity contribution in [3.05, 3.63) is 30.1 Å². The molecule has 1 fully saturated rings. The largest absolute Gasteiger partial charge is 0.345 e. The molecular weight excluding hydrogens is 268 g/mol. The van der Waals surface area contributed by atoms with Gasteiger partial charge in [-0.05, 0) is 38.0 Å². The second-order valence-corrected chi connectivity index (χ2v) is 5.22. The van der Waals surface area contributed by atoms with E-state index in [9.17, 15) is 9.59 Å². The molecule has 3 rings (SSSR count). The first-order valence-corrected chi connectivity index (χ1v) is 7.22. The van der Waals surface area contributed by atoms with E-state index < -0.39 is 6.04 Å². The minimum Gasteiger partial charge on any atom is -0.345 e. The molecule has 0 spiro atoms. The third-order valence-electron chi connectivity index (χ3n) is 3.90. The molecule has 1 atom stereocenters. The number of carbonyl (C=O) groups excluding carboxylic acids is 2. The lowest BCUT2D eigenvalue weighted by atomic mass is 10.0. The Kier molecular flexibility index (Phi) is 3.60. The fourth-order valence-corrected chi connectivity index (χ4v) is 2.71. The van der Waals surface area contributed by atoms with Crippen molar-refractivity contribution in [1.29, 1.82) is 0 Å². The van der Waals surface area contributed by atoms with Crippen molar-refractivity contribution < 1.29 is 9.59 Å². The van der Waals surface area contributed by atoms with Crippen molar-refractivity contribution in [3.63, 3.8) is 0 Å². The Morgan fingerprint density at radius 1 is 1.52 bits per heavy atom. The predicted molar refractivity (Wildman–Crippen MR) is 78.8 cm³/mol. The first-order valence-electron chi connectivity index (χ1n) is 7.22. The van der Waals surface area contributed by atoms with Crippen LogP contribution in [0.5, 0.6) is 0 Å². The second kappa shape index (κ2) is 5.55. The van der Waals surface area contributed by atoms with Gasteiger partial charge in [0.2, 0.25) is 5.91 Å². The summed E-state index contributed by atoms with van der Waals surface area (Å²) >= 11 is 0. The van der Waals surface area contributed by atoms with E-state index in [0.717, 1.165) is 24.0 Å². The lowest BCUT2D eigenvalue weighted by Crippen LogP contribution is -2.52. The number of rotatable bonds is 3. The number of aromatic nitrogens is 2. The van der Waals surface area contributed by atoms with E-state index >= 15 is 0 Å². The zero-order valence-corrected chi connectivity index (χ0v) is 11.9. The molecule has 2 N–H and O–H groups in total. The SMILES string of the molecule is CCN1CCCC(NC(=O)c2ccc3nc[nH]c3c2)C1=O. The molecule has 1 aromatic carbocycles. The van der Waals surface area contributed by atoms with Gasteiger partial charge in [0.1, 0.15) is 6.04 Å². The monoisotopic (exact) mass is 286 g/mol. The van der Waals surface area contributed by atoms with Crippen molar-refractivity contribution in [3.8, 4) is 0 Å².